The standard InChI is InChI=1S/C8H13NO3/c9-5-6(10)1-4-8(11)12-7-2-3-7/h7H,1-5,9H2. The smallest absolute Gasteiger partial charge is 0.306 e. The minimum absolute atomic E-state index is 0.0106. The van der Waals surface area contributed by atoms with Crippen LogP contribution in [0.15, 0.2) is 0 Å². The van der Waals surface area contributed by atoms with Gasteiger partial charge < -0.3 is 10.5 Å². The van der Waals surface area contributed by atoms with E-state index in [1.807, 2.05) is 0 Å². The number of ketones is 1. The Hall–Kier alpha value is -0.900. The second kappa shape index (κ2) is 4.21. The van der Waals surface area contributed by atoms with E-state index in [0.717, 1.165) is 12.8 Å². The zero-order valence-corrected chi connectivity index (χ0v) is 6.91. The predicted octanol–water partition coefficient (Wildman–Crippen LogP) is -0.000000000000000666. The van der Waals surface area contributed by atoms with Gasteiger partial charge in [0.25, 0.3) is 0 Å². The molecule has 0 aromatic carbocycles. The van der Waals surface area contributed by atoms with Gasteiger partial charge >= 0.3 is 5.97 Å². The minimum atomic E-state index is -0.278. The summed E-state index contributed by atoms with van der Waals surface area (Å²) in [5, 5.41) is 0. The van der Waals surface area contributed by atoms with Crippen molar-refractivity contribution in [2.45, 2.75) is 31.8 Å². The van der Waals surface area contributed by atoms with Gasteiger partial charge in [0.05, 0.1) is 13.0 Å². The monoisotopic (exact) mass is 171 g/mol. The molecule has 12 heavy (non-hydrogen) atoms. The highest BCUT2D eigenvalue weighted by atomic mass is 16.5. The maximum absolute atomic E-state index is 10.9. The van der Waals surface area contributed by atoms with Crippen LogP contribution in [0.2, 0.25) is 0 Å². The molecule has 0 amide bonds. The molecule has 2 N–H and O–H groups in total. The number of hydrogen-bond acceptors (Lipinski definition) is 4. The van der Waals surface area contributed by atoms with E-state index >= 15 is 0 Å². The normalized spacial score (nSPS) is 15.8. The molecule has 0 spiro atoms. The van der Waals surface area contributed by atoms with Crippen LogP contribution in [0.4, 0.5) is 0 Å². The van der Waals surface area contributed by atoms with Crippen LogP contribution < -0.4 is 5.73 Å². The Labute approximate surface area is 71.1 Å². The van der Waals surface area contributed by atoms with Gasteiger partial charge in [-0.25, -0.2) is 0 Å². The number of carbonyl (C=O) groups excluding carboxylic acids is 2. The molecule has 4 heteroatoms. The van der Waals surface area contributed by atoms with Crippen molar-refractivity contribution >= 4 is 11.8 Å². The Bertz CT molecular complexity index is 187. The number of carbonyl (C=O) groups is 2. The largest absolute Gasteiger partial charge is 0.462 e. The van der Waals surface area contributed by atoms with Crippen LogP contribution in [0, 0.1) is 0 Å². The number of hydrogen-bond donors (Lipinski definition) is 1. The molecule has 1 aliphatic carbocycles. The zero-order valence-electron chi connectivity index (χ0n) is 6.91. The van der Waals surface area contributed by atoms with Gasteiger partial charge in [-0.05, 0) is 12.8 Å². The van der Waals surface area contributed by atoms with Crippen molar-refractivity contribution in [1.82, 2.24) is 0 Å². The van der Waals surface area contributed by atoms with E-state index in [4.69, 9.17) is 10.5 Å². The fourth-order valence-corrected chi connectivity index (χ4v) is 0.774. The summed E-state index contributed by atoms with van der Waals surface area (Å²) >= 11 is 0. The summed E-state index contributed by atoms with van der Waals surface area (Å²) in [6, 6.07) is 0. The van der Waals surface area contributed by atoms with Gasteiger partial charge in [-0.1, -0.05) is 0 Å². The quantitative estimate of drug-likeness (QED) is 0.591. The van der Waals surface area contributed by atoms with Gasteiger partial charge in [0.2, 0.25) is 0 Å². The summed E-state index contributed by atoms with van der Waals surface area (Å²) in [5.74, 6) is -0.373. The lowest BCUT2D eigenvalue weighted by Gasteiger charge is -2.00. The van der Waals surface area contributed by atoms with Crippen molar-refractivity contribution in [2.75, 3.05) is 6.54 Å². The van der Waals surface area contributed by atoms with E-state index < -0.39 is 0 Å². The van der Waals surface area contributed by atoms with Gasteiger partial charge in [-0.2, -0.15) is 0 Å². The van der Waals surface area contributed by atoms with Crippen LogP contribution in [0.3, 0.4) is 0 Å². The van der Waals surface area contributed by atoms with Crippen LogP contribution in [0.5, 0.6) is 0 Å². The molecule has 4 nitrogen and oxygen atoms in total. The molecule has 0 aromatic rings. The molecular weight excluding hydrogens is 158 g/mol. The molecule has 0 bridgehead atoms. The summed E-state index contributed by atoms with van der Waals surface area (Å²) < 4.78 is 4.92. The van der Waals surface area contributed by atoms with Crippen molar-refractivity contribution in [3.8, 4) is 0 Å². The van der Waals surface area contributed by atoms with Gasteiger partial charge in [0, 0.05) is 6.42 Å². The zero-order chi connectivity index (χ0) is 8.97. The number of rotatable bonds is 5. The van der Waals surface area contributed by atoms with Crippen molar-refractivity contribution < 1.29 is 14.3 Å². The summed E-state index contributed by atoms with van der Waals surface area (Å²) in [5.41, 5.74) is 5.07. The first kappa shape index (κ1) is 9.19. The fourth-order valence-electron chi connectivity index (χ4n) is 0.774. The SMILES string of the molecule is NCC(=O)CCC(=O)OC1CC1. The Kier molecular flexibility index (Phi) is 3.22. The molecule has 0 saturated heterocycles. The summed E-state index contributed by atoms with van der Waals surface area (Å²) in [7, 11) is 0. The van der Waals surface area contributed by atoms with Crippen molar-refractivity contribution in [3.63, 3.8) is 0 Å². The van der Waals surface area contributed by atoms with Gasteiger partial charge in [0.15, 0.2) is 0 Å². The number of esters is 1. The molecule has 0 aliphatic heterocycles. The Morgan fingerprint density at radius 3 is 2.50 bits per heavy atom. The van der Waals surface area contributed by atoms with E-state index in [2.05, 4.69) is 0 Å². The molecule has 0 heterocycles. The van der Waals surface area contributed by atoms with Gasteiger partial charge in [-0.3, -0.25) is 9.59 Å². The lowest BCUT2D eigenvalue weighted by atomic mass is 10.2. The van der Waals surface area contributed by atoms with Crippen LogP contribution in [0.1, 0.15) is 25.7 Å². The molecule has 0 atom stereocenters. The molecule has 68 valence electrons. The lowest BCUT2D eigenvalue weighted by molar-refractivity contribution is -0.145. The Morgan fingerprint density at radius 2 is 2.00 bits per heavy atom. The average Bonchev–Trinajstić information content (AvgIpc) is 2.84. The number of Topliss-reactive ketones (excluding diaryl/α,β-unsaturated/α-hetero) is 1. The van der Waals surface area contributed by atoms with Gasteiger partial charge in [0.1, 0.15) is 11.9 Å². The van der Waals surface area contributed by atoms with E-state index in [0.29, 0.717) is 0 Å². The minimum Gasteiger partial charge on any atom is -0.462 e. The highest BCUT2D eigenvalue weighted by Gasteiger charge is 2.25. The highest BCUT2D eigenvalue weighted by Crippen LogP contribution is 2.23. The molecule has 0 unspecified atom stereocenters. The Balaban J connectivity index is 2.04. The topological polar surface area (TPSA) is 69.4 Å². The molecule has 1 saturated carbocycles. The second-order valence-electron chi connectivity index (χ2n) is 2.93. The first-order chi connectivity index (χ1) is 5.72. The number of ether oxygens (including phenoxy) is 1. The fraction of sp³-hybridized carbons (Fsp3) is 0.750. The van der Waals surface area contributed by atoms with Crippen molar-refractivity contribution in [1.29, 1.82) is 0 Å². The van der Waals surface area contributed by atoms with E-state index in [-0.39, 0.29) is 37.2 Å². The maximum atomic E-state index is 10.9. The molecule has 0 radical (unpaired) electrons. The predicted molar refractivity (Wildman–Crippen MR) is 42.4 cm³/mol. The summed E-state index contributed by atoms with van der Waals surface area (Å²) in [4.78, 5) is 21.6. The molecule has 0 aromatic heterocycles. The second-order valence-corrected chi connectivity index (χ2v) is 2.93. The summed E-state index contributed by atoms with van der Waals surface area (Å²) in [6.45, 7) is 0.0106. The Morgan fingerprint density at radius 1 is 1.33 bits per heavy atom. The first-order valence-corrected chi connectivity index (χ1v) is 4.13. The average molecular weight is 171 g/mol. The summed E-state index contributed by atoms with van der Waals surface area (Å²) in [6.07, 6.45) is 2.45. The maximum Gasteiger partial charge on any atom is 0.306 e. The van der Waals surface area contributed by atoms with Gasteiger partial charge in [-0.15, -0.1) is 0 Å². The van der Waals surface area contributed by atoms with E-state index in [1.54, 1.807) is 0 Å². The van der Waals surface area contributed by atoms with Crippen LogP contribution in [-0.2, 0) is 14.3 Å². The van der Waals surface area contributed by atoms with E-state index in [9.17, 15) is 9.59 Å². The lowest BCUT2D eigenvalue weighted by Crippen LogP contribution is -2.15. The third-order valence-corrected chi connectivity index (χ3v) is 1.66. The van der Waals surface area contributed by atoms with Crippen LogP contribution in [-0.4, -0.2) is 24.4 Å². The molecule has 1 fully saturated rings. The third-order valence-electron chi connectivity index (χ3n) is 1.66. The number of nitrogens with two attached hydrogens (primary N) is 1. The first-order valence-electron chi connectivity index (χ1n) is 4.13. The van der Waals surface area contributed by atoms with Crippen LogP contribution in [0.25, 0.3) is 0 Å². The third kappa shape index (κ3) is 3.48. The van der Waals surface area contributed by atoms with Crippen molar-refractivity contribution in [2.24, 2.45) is 5.73 Å². The van der Waals surface area contributed by atoms with E-state index in [1.165, 1.54) is 0 Å². The highest BCUT2D eigenvalue weighted by molar-refractivity contribution is 5.84. The molecular formula is C8H13NO3. The van der Waals surface area contributed by atoms with Crippen molar-refractivity contribution in [3.05, 3.63) is 0 Å². The molecule has 1 rings (SSSR count). The molecule has 1 aliphatic rings. The van der Waals surface area contributed by atoms with Crippen LogP contribution >= 0.6 is 0 Å².